The normalized spacial score (nSPS) is 14.8. The number of nitrogens with zero attached hydrogens (tertiary/aromatic N) is 1. The first-order valence-corrected chi connectivity index (χ1v) is 8.29. The minimum Gasteiger partial charge on any atom is -0.481 e. The smallest absolute Gasteiger partial charge is 0.303 e. The number of likely N-dealkylation sites (tertiary alicyclic amines) is 1. The molecule has 1 heterocycles. The molecule has 1 fully saturated rings. The van der Waals surface area contributed by atoms with Gasteiger partial charge in [0, 0.05) is 35.3 Å². The van der Waals surface area contributed by atoms with Gasteiger partial charge in [-0.2, -0.15) is 0 Å². The predicted octanol–water partition coefficient (Wildman–Crippen LogP) is 3.15. The lowest BCUT2D eigenvalue weighted by Gasteiger charge is -2.38. The van der Waals surface area contributed by atoms with Gasteiger partial charge < -0.3 is 10.0 Å². The van der Waals surface area contributed by atoms with Crippen LogP contribution in [-0.2, 0) is 9.59 Å². The number of amides is 1. The van der Waals surface area contributed by atoms with Crippen molar-refractivity contribution in [1.82, 2.24) is 4.90 Å². The van der Waals surface area contributed by atoms with E-state index in [4.69, 9.17) is 16.7 Å². The second kappa shape index (κ2) is 7.71. The van der Waals surface area contributed by atoms with Crippen LogP contribution in [0.4, 0.5) is 0 Å². The number of thioether (sulfide) groups is 1. The maximum Gasteiger partial charge on any atom is 0.303 e. The van der Waals surface area contributed by atoms with Crippen molar-refractivity contribution in [3.05, 3.63) is 29.3 Å². The molecule has 6 heteroatoms. The molecule has 0 unspecified atom stereocenters. The summed E-state index contributed by atoms with van der Waals surface area (Å²) in [5.41, 5.74) is 0. The lowest BCUT2D eigenvalue weighted by Crippen LogP contribution is -2.50. The van der Waals surface area contributed by atoms with Crippen molar-refractivity contribution in [2.24, 2.45) is 5.92 Å². The summed E-state index contributed by atoms with van der Waals surface area (Å²) < 4.78 is 0. The minimum absolute atomic E-state index is 0.133. The summed E-state index contributed by atoms with van der Waals surface area (Å²) in [6.07, 6.45) is 1.52. The van der Waals surface area contributed by atoms with E-state index in [0.717, 1.165) is 22.1 Å². The molecule has 2 rings (SSSR count). The van der Waals surface area contributed by atoms with Crippen LogP contribution in [0.2, 0.25) is 5.02 Å². The largest absolute Gasteiger partial charge is 0.481 e. The van der Waals surface area contributed by atoms with Gasteiger partial charge in [-0.1, -0.05) is 11.6 Å². The third kappa shape index (κ3) is 5.25. The van der Waals surface area contributed by atoms with E-state index in [1.54, 1.807) is 16.7 Å². The quantitative estimate of drug-likeness (QED) is 0.617. The van der Waals surface area contributed by atoms with E-state index in [1.807, 2.05) is 24.3 Å². The Morgan fingerprint density at radius 1 is 1.29 bits per heavy atom. The van der Waals surface area contributed by atoms with Crippen LogP contribution in [0.15, 0.2) is 29.2 Å². The number of carbonyl (C=O) groups is 2. The molecule has 0 bridgehead atoms. The highest BCUT2D eigenvalue weighted by atomic mass is 35.5. The number of rotatable bonds is 7. The summed E-state index contributed by atoms with van der Waals surface area (Å²) in [5.74, 6) is 0.370. The summed E-state index contributed by atoms with van der Waals surface area (Å²) in [5, 5.41) is 9.38. The first kappa shape index (κ1) is 16.2. The van der Waals surface area contributed by atoms with E-state index in [2.05, 4.69) is 0 Å². The number of carbonyl (C=O) groups excluding carboxylic acids is 1. The number of benzene rings is 1. The molecule has 21 heavy (non-hydrogen) atoms. The highest BCUT2D eigenvalue weighted by molar-refractivity contribution is 7.99. The molecular formula is C15H18ClNO3S. The lowest BCUT2D eigenvalue weighted by atomic mass is 9.96. The van der Waals surface area contributed by atoms with E-state index >= 15 is 0 Å². The molecule has 1 aliphatic heterocycles. The van der Waals surface area contributed by atoms with Crippen LogP contribution in [0.3, 0.4) is 0 Å². The van der Waals surface area contributed by atoms with E-state index in [9.17, 15) is 9.59 Å². The lowest BCUT2D eigenvalue weighted by molar-refractivity contribution is -0.145. The van der Waals surface area contributed by atoms with Crippen molar-refractivity contribution in [2.75, 3.05) is 18.8 Å². The molecular weight excluding hydrogens is 310 g/mol. The van der Waals surface area contributed by atoms with Gasteiger partial charge >= 0.3 is 5.97 Å². The molecule has 1 aromatic rings. The fourth-order valence-corrected chi connectivity index (χ4v) is 3.23. The SMILES string of the molecule is O=C(O)CC1CN(C(=O)CCCSc2ccc(Cl)cc2)C1. The summed E-state index contributed by atoms with van der Waals surface area (Å²) in [6.45, 7) is 1.19. The molecule has 4 nitrogen and oxygen atoms in total. The number of hydrogen-bond acceptors (Lipinski definition) is 3. The molecule has 0 aliphatic carbocycles. The van der Waals surface area contributed by atoms with Crippen LogP contribution in [0.5, 0.6) is 0 Å². The summed E-state index contributed by atoms with van der Waals surface area (Å²) in [6, 6.07) is 7.66. The number of aliphatic carboxylic acids is 1. The van der Waals surface area contributed by atoms with E-state index in [-0.39, 0.29) is 18.2 Å². The molecule has 1 saturated heterocycles. The first-order valence-electron chi connectivity index (χ1n) is 6.92. The molecule has 0 radical (unpaired) electrons. The van der Waals surface area contributed by atoms with Crippen LogP contribution in [-0.4, -0.2) is 40.7 Å². The van der Waals surface area contributed by atoms with E-state index in [0.29, 0.717) is 19.5 Å². The Morgan fingerprint density at radius 3 is 2.57 bits per heavy atom. The van der Waals surface area contributed by atoms with Crippen LogP contribution in [0.25, 0.3) is 0 Å². The molecule has 0 aromatic heterocycles. The highest BCUT2D eigenvalue weighted by Gasteiger charge is 2.31. The minimum atomic E-state index is -0.786. The van der Waals surface area contributed by atoms with Crippen LogP contribution >= 0.6 is 23.4 Å². The Hall–Kier alpha value is -1.20. The van der Waals surface area contributed by atoms with Crippen LogP contribution in [0.1, 0.15) is 19.3 Å². The topological polar surface area (TPSA) is 57.6 Å². The summed E-state index contributed by atoms with van der Waals surface area (Å²) in [7, 11) is 0. The zero-order valence-corrected chi connectivity index (χ0v) is 13.2. The number of hydrogen-bond donors (Lipinski definition) is 1. The second-order valence-corrected chi connectivity index (χ2v) is 6.77. The van der Waals surface area contributed by atoms with Gasteiger partial charge in [-0.3, -0.25) is 9.59 Å². The first-order chi connectivity index (χ1) is 10.0. The average Bonchev–Trinajstić information content (AvgIpc) is 2.40. The Bertz CT molecular complexity index is 500. The molecule has 1 aromatic carbocycles. The fraction of sp³-hybridized carbons (Fsp3) is 0.467. The van der Waals surface area contributed by atoms with Crippen molar-refractivity contribution in [2.45, 2.75) is 24.2 Å². The zero-order chi connectivity index (χ0) is 15.2. The number of carboxylic acids is 1. The van der Waals surface area contributed by atoms with Crippen molar-refractivity contribution in [3.63, 3.8) is 0 Å². The van der Waals surface area contributed by atoms with Gasteiger partial charge in [-0.05, 0) is 36.4 Å². The van der Waals surface area contributed by atoms with Crippen molar-refractivity contribution < 1.29 is 14.7 Å². The standard InChI is InChI=1S/C15H18ClNO3S/c16-12-3-5-13(6-4-12)21-7-1-2-14(18)17-9-11(10-17)8-15(19)20/h3-6,11H,1-2,7-10H2,(H,19,20). The van der Waals surface area contributed by atoms with Gasteiger partial charge in [0.25, 0.3) is 0 Å². The Morgan fingerprint density at radius 2 is 1.95 bits per heavy atom. The molecule has 0 saturated carbocycles. The van der Waals surface area contributed by atoms with Gasteiger partial charge in [0.2, 0.25) is 5.91 Å². The Kier molecular flexibility index (Phi) is 5.94. The summed E-state index contributed by atoms with van der Waals surface area (Å²) >= 11 is 7.53. The maximum absolute atomic E-state index is 11.9. The molecule has 0 atom stereocenters. The Balaban J connectivity index is 1.58. The van der Waals surface area contributed by atoms with Gasteiger partial charge in [0.05, 0.1) is 6.42 Å². The van der Waals surface area contributed by atoms with Crippen molar-refractivity contribution >= 4 is 35.2 Å². The van der Waals surface area contributed by atoms with E-state index in [1.165, 1.54) is 0 Å². The van der Waals surface area contributed by atoms with Crippen LogP contribution in [0, 0.1) is 5.92 Å². The Labute approximate surface area is 133 Å². The summed E-state index contributed by atoms with van der Waals surface area (Å²) in [4.78, 5) is 25.3. The van der Waals surface area contributed by atoms with Gasteiger partial charge in [0.15, 0.2) is 0 Å². The highest BCUT2D eigenvalue weighted by Crippen LogP contribution is 2.23. The van der Waals surface area contributed by atoms with Crippen molar-refractivity contribution in [3.8, 4) is 0 Å². The van der Waals surface area contributed by atoms with Crippen molar-refractivity contribution in [1.29, 1.82) is 0 Å². The number of carboxylic acid groups (broad SMARTS) is 1. The van der Waals surface area contributed by atoms with E-state index < -0.39 is 5.97 Å². The van der Waals surface area contributed by atoms with Gasteiger partial charge in [0.1, 0.15) is 0 Å². The maximum atomic E-state index is 11.9. The molecule has 114 valence electrons. The third-order valence-corrected chi connectivity index (χ3v) is 4.74. The molecule has 0 spiro atoms. The third-order valence-electron chi connectivity index (χ3n) is 3.39. The fourth-order valence-electron chi connectivity index (χ4n) is 2.25. The molecule has 1 amide bonds. The number of halogens is 1. The molecule has 1 N–H and O–H groups in total. The van der Waals surface area contributed by atoms with Crippen LogP contribution < -0.4 is 0 Å². The zero-order valence-electron chi connectivity index (χ0n) is 11.6. The monoisotopic (exact) mass is 327 g/mol. The van der Waals surface area contributed by atoms with Gasteiger partial charge in [-0.15, -0.1) is 11.8 Å². The second-order valence-electron chi connectivity index (χ2n) is 5.17. The van der Waals surface area contributed by atoms with Gasteiger partial charge in [-0.25, -0.2) is 0 Å². The average molecular weight is 328 g/mol. The predicted molar refractivity (Wildman–Crippen MR) is 83.7 cm³/mol. The molecule has 1 aliphatic rings.